The van der Waals surface area contributed by atoms with Gasteiger partial charge < -0.3 is 5.32 Å². The van der Waals surface area contributed by atoms with E-state index in [4.69, 9.17) is 0 Å². The van der Waals surface area contributed by atoms with E-state index < -0.39 is 0 Å². The van der Waals surface area contributed by atoms with Crippen molar-refractivity contribution in [1.82, 2.24) is 25.3 Å². The van der Waals surface area contributed by atoms with E-state index in [0.29, 0.717) is 6.42 Å². The Hall–Kier alpha value is -2.11. The molecule has 0 aromatic carbocycles. The van der Waals surface area contributed by atoms with Crippen molar-refractivity contribution in [2.75, 3.05) is 0 Å². The van der Waals surface area contributed by atoms with Crippen molar-refractivity contribution >= 4 is 5.91 Å². The van der Waals surface area contributed by atoms with Crippen LogP contribution in [-0.2, 0) is 17.8 Å². The van der Waals surface area contributed by atoms with Crippen molar-refractivity contribution in [3.05, 3.63) is 35.4 Å². The van der Waals surface area contributed by atoms with Gasteiger partial charge in [-0.1, -0.05) is 0 Å². The third kappa shape index (κ3) is 3.67. The third-order valence-electron chi connectivity index (χ3n) is 2.90. The highest BCUT2D eigenvalue weighted by Crippen LogP contribution is 2.02. The van der Waals surface area contributed by atoms with Crippen LogP contribution in [0.5, 0.6) is 0 Å². The first kappa shape index (κ1) is 13.3. The number of aryl methyl sites for hydroxylation is 2. The van der Waals surface area contributed by atoms with E-state index in [9.17, 15) is 4.79 Å². The minimum absolute atomic E-state index is 0.0356. The number of rotatable bonds is 5. The smallest absolute Gasteiger partial charge is 0.241 e. The molecule has 2 rings (SSSR count). The van der Waals surface area contributed by atoms with Gasteiger partial charge in [0.25, 0.3) is 0 Å². The van der Waals surface area contributed by atoms with Crippen LogP contribution >= 0.6 is 0 Å². The van der Waals surface area contributed by atoms with Gasteiger partial charge in [0.1, 0.15) is 6.54 Å². The van der Waals surface area contributed by atoms with E-state index in [-0.39, 0.29) is 18.5 Å². The number of amides is 1. The fraction of sp³-hybridized carbons (Fsp3) is 0.462. The molecule has 0 aliphatic heterocycles. The summed E-state index contributed by atoms with van der Waals surface area (Å²) in [6.45, 7) is 6.11. The van der Waals surface area contributed by atoms with Crippen molar-refractivity contribution < 1.29 is 4.79 Å². The van der Waals surface area contributed by atoms with Crippen LogP contribution < -0.4 is 5.32 Å². The fourth-order valence-electron chi connectivity index (χ4n) is 1.96. The zero-order valence-electron chi connectivity index (χ0n) is 11.5. The van der Waals surface area contributed by atoms with Gasteiger partial charge in [0, 0.05) is 30.0 Å². The topological polar surface area (TPSA) is 75.6 Å². The van der Waals surface area contributed by atoms with Crippen molar-refractivity contribution in [3.63, 3.8) is 0 Å². The number of H-pyrrole nitrogens is 1. The normalized spacial score (nSPS) is 12.4. The van der Waals surface area contributed by atoms with Crippen molar-refractivity contribution in [1.29, 1.82) is 0 Å². The lowest BCUT2D eigenvalue weighted by Crippen LogP contribution is -2.36. The Bertz CT molecular complexity index is 557. The van der Waals surface area contributed by atoms with Gasteiger partial charge in [0.15, 0.2) is 0 Å². The molecule has 1 atom stereocenters. The molecule has 6 nitrogen and oxygen atoms in total. The molecule has 102 valence electrons. The Balaban J connectivity index is 1.83. The summed E-state index contributed by atoms with van der Waals surface area (Å²) in [5, 5.41) is 14.1. The Kier molecular flexibility index (Phi) is 3.99. The van der Waals surface area contributed by atoms with Gasteiger partial charge in [0.2, 0.25) is 5.91 Å². The number of hydrogen-bond donors (Lipinski definition) is 2. The molecule has 0 spiro atoms. The summed E-state index contributed by atoms with van der Waals surface area (Å²) in [4.78, 5) is 11.9. The maximum atomic E-state index is 11.9. The first-order valence-electron chi connectivity index (χ1n) is 6.33. The highest BCUT2D eigenvalue weighted by atomic mass is 16.2. The predicted molar refractivity (Wildman–Crippen MR) is 71.6 cm³/mol. The van der Waals surface area contributed by atoms with Crippen LogP contribution in [0.25, 0.3) is 0 Å². The molecule has 0 fully saturated rings. The molecule has 19 heavy (non-hydrogen) atoms. The number of carbonyl (C=O) groups is 1. The third-order valence-corrected chi connectivity index (χ3v) is 2.90. The van der Waals surface area contributed by atoms with E-state index in [2.05, 4.69) is 20.6 Å². The maximum absolute atomic E-state index is 11.9. The van der Waals surface area contributed by atoms with E-state index >= 15 is 0 Å². The monoisotopic (exact) mass is 261 g/mol. The molecule has 2 N–H and O–H groups in total. The van der Waals surface area contributed by atoms with Crippen LogP contribution in [-0.4, -0.2) is 31.9 Å². The average Bonchev–Trinajstić information content (AvgIpc) is 2.89. The van der Waals surface area contributed by atoms with Crippen LogP contribution in [0.2, 0.25) is 0 Å². The van der Waals surface area contributed by atoms with Crippen LogP contribution in [0.1, 0.15) is 24.0 Å². The second-order valence-electron chi connectivity index (χ2n) is 4.85. The summed E-state index contributed by atoms with van der Waals surface area (Å²) in [7, 11) is 0. The molecule has 0 radical (unpaired) electrons. The van der Waals surface area contributed by atoms with E-state index in [1.54, 1.807) is 10.9 Å². The lowest BCUT2D eigenvalue weighted by atomic mass is 10.2. The van der Waals surface area contributed by atoms with Gasteiger partial charge in [-0.05, 0) is 32.9 Å². The molecule has 1 amide bonds. The average molecular weight is 261 g/mol. The maximum Gasteiger partial charge on any atom is 0.241 e. The van der Waals surface area contributed by atoms with E-state index in [1.807, 2.05) is 32.9 Å². The highest BCUT2D eigenvalue weighted by molar-refractivity contribution is 5.76. The molecule has 0 bridgehead atoms. The Morgan fingerprint density at radius 3 is 2.89 bits per heavy atom. The summed E-state index contributed by atoms with van der Waals surface area (Å²) in [5.74, 6) is -0.0356. The predicted octanol–water partition coefficient (Wildman–Crippen LogP) is 0.970. The fourth-order valence-corrected chi connectivity index (χ4v) is 1.96. The summed E-state index contributed by atoms with van der Waals surface area (Å²) in [5.41, 5.74) is 2.96. The molecule has 0 saturated carbocycles. The Labute approximate surface area is 112 Å². The van der Waals surface area contributed by atoms with Crippen LogP contribution in [0.3, 0.4) is 0 Å². The van der Waals surface area contributed by atoms with Gasteiger partial charge in [0.05, 0.1) is 5.69 Å². The second-order valence-corrected chi connectivity index (χ2v) is 4.85. The Morgan fingerprint density at radius 1 is 1.53 bits per heavy atom. The van der Waals surface area contributed by atoms with Gasteiger partial charge in [-0.2, -0.15) is 10.2 Å². The summed E-state index contributed by atoms with van der Waals surface area (Å²) >= 11 is 0. The largest absolute Gasteiger partial charge is 0.352 e. The second kappa shape index (κ2) is 5.69. The van der Waals surface area contributed by atoms with Gasteiger partial charge in [-0.15, -0.1) is 0 Å². The van der Waals surface area contributed by atoms with Gasteiger partial charge in [-0.3, -0.25) is 14.6 Å². The zero-order chi connectivity index (χ0) is 13.8. The Morgan fingerprint density at radius 2 is 2.32 bits per heavy atom. The number of aromatic amines is 1. The molecular formula is C13H19N5O. The molecule has 6 heteroatoms. The quantitative estimate of drug-likeness (QED) is 0.842. The first-order chi connectivity index (χ1) is 9.04. The zero-order valence-corrected chi connectivity index (χ0v) is 11.5. The molecule has 0 aliphatic rings. The SMILES string of the molecule is Cc1cc(C[C@H](C)NC(=O)Cn2nccc2C)n[nH]1. The minimum Gasteiger partial charge on any atom is -0.352 e. The number of nitrogens with one attached hydrogen (secondary N) is 2. The number of carbonyl (C=O) groups excluding carboxylic acids is 1. The summed E-state index contributed by atoms with van der Waals surface area (Å²) in [6, 6.07) is 3.91. The number of nitrogens with zero attached hydrogens (tertiary/aromatic N) is 3. The molecule has 0 unspecified atom stereocenters. The van der Waals surface area contributed by atoms with Gasteiger partial charge >= 0.3 is 0 Å². The number of aromatic nitrogens is 4. The standard InChI is InChI=1S/C13H19N5O/c1-9(6-12-7-10(2)16-17-12)15-13(19)8-18-11(3)4-5-14-18/h4-5,7,9H,6,8H2,1-3H3,(H,15,19)(H,16,17)/t9-/m0/s1. The molecule has 2 aromatic heterocycles. The lowest BCUT2D eigenvalue weighted by molar-refractivity contribution is -0.122. The summed E-state index contributed by atoms with van der Waals surface area (Å²) in [6.07, 6.45) is 2.41. The van der Waals surface area contributed by atoms with Crippen molar-refractivity contribution in [2.24, 2.45) is 0 Å². The lowest BCUT2D eigenvalue weighted by Gasteiger charge is -2.13. The van der Waals surface area contributed by atoms with Gasteiger partial charge in [-0.25, -0.2) is 0 Å². The van der Waals surface area contributed by atoms with E-state index in [1.165, 1.54) is 0 Å². The molecule has 0 saturated heterocycles. The van der Waals surface area contributed by atoms with Crippen LogP contribution in [0, 0.1) is 13.8 Å². The highest BCUT2D eigenvalue weighted by Gasteiger charge is 2.11. The minimum atomic E-state index is -0.0356. The molecular weight excluding hydrogens is 242 g/mol. The number of hydrogen-bond acceptors (Lipinski definition) is 3. The van der Waals surface area contributed by atoms with Crippen LogP contribution in [0.15, 0.2) is 18.3 Å². The van der Waals surface area contributed by atoms with E-state index in [0.717, 1.165) is 17.1 Å². The molecule has 2 aromatic rings. The van der Waals surface area contributed by atoms with Crippen LogP contribution in [0.4, 0.5) is 0 Å². The molecule has 2 heterocycles. The van der Waals surface area contributed by atoms with Crippen molar-refractivity contribution in [2.45, 2.75) is 39.8 Å². The summed E-state index contributed by atoms with van der Waals surface area (Å²) < 4.78 is 1.68. The molecule has 0 aliphatic carbocycles. The van der Waals surface area contributed by atoms with Crippen molar-refractivity contribution in [3.8, 4) is 0 Å². The first-order valence-corrected chi connectivity index (χ1v) is 6.33.